The van der Waals surface area contributed by atoms with Gasteiger partial charge in [-0.2, -0.15) is 0 Å². The van der Waals surface area contributed by atoms with Gasteiger partial charge >= 0.3 is 0 Å². The summed E-state index contributed by atoms with van der Waals surface area (Å²) in [4.78, 5) is 29.9. The maximum Gasteiger partial charge on any atom is 0.264 e. The number of anilines is 1. The number of carbonyl (C=O) groups is 2. The van der Waals surface area contributed by atoms with Gasteiger partial charge in [-0.05, 0) is 72.5 Å². The van der Waals surface area contributed by atoms with Crippen molar-refractivity contribution in [2.45, 2.75) is 44.7 Å². The SMILES string of the molecule is COc1ccc(S(=O)(=O)N(CC(=O)N(Cc2cccc(C)c2)C(Cc2ccccc2)C(=O)NCC(C)C)c2ccc(Cl)cc2)cc1. The van der Waals surface area contributed by atoms with Crippen LogP contribution in [0.15, 0.2) is 108 Å². The van der Waals surface area contributed by atoms with Crippen LogP contribution < -0.4 is 14.4 Å². The topological polar surface area (TPSA) is 96.0 Å². The number of methoxy groups -OCH3 is 1. The Morgan fingerprint density at radius 2 is 1.52 bits per heavy atom. The van der Waals surface area contributed by atoms with Gasteiger partial charge in [0, 0.05) is 24.5 Å². The minimum atomic E-state index is -4.24. The second kappa shape index (κ2) is 15.8. The standard InChI is InChI=1S/C36H40ClN3O5S/c1-26(2)23-38-36(42)34(22-28-10-6-5-7-11-28)39(24-29-12-8-9-27(3)21-29)35(41)25-40(31-15-13-30(37)14-16-31)46(43,44)33-19-17-32(45-4)18-20-33/h5-21,26,34H,22-25H2,1-4H3,(H,38,42). The molecule has 1 unspecified atom stereocenters. The van der Waals surface area contributed by atoms with E-state index in [-0.39, 0.29) is 35.4 Å². The van der Waals surface area contributed by atoms with Crippen LogP contribution in [0.25, 0.3) is 0 Å². The van der Waals surface area contributed by atoms with Crippen molar-refractivity contribution < 1.29 is 22.7 Å². The Hall–Kier alpha value is -4.34. The fraction of sp³-hybridized carbons (Fsp3) is 0.278. The molecule has 0 aliphatic rings. The van der Waals surface area contributed by atoms with E-state index in [9.17, 15) is 18.0 Å². The highest BCUT2D eigenvalue weighted by molar-refractivity contribution is 7.92. The molecule has 0 spiro atoms. The van der Waals surface area contributed by atoms with Crippen molar-refractivity contribution in [2.24, 2.45) is 5.92 Å². The fourth-order valence-electron chi connectivity index (χ4n) is 4.99. The van der Waals surface area contributed by atoms with Crippen LogP contribution in [0.3, 0.4) is 0 Å². The van der Waals surface area contributed by atoms with Crippen molar-refractivity contribution in [3.05, 3.63) is 125 Å². The van der Waals surface area contributed by atoms with Gasteiger partial charge < -0.3 is 15.0 Å². The Morgan fingerprint density at radius 1 is 0.870 bits per heavy atom. The highest BCUT2D eigenvalue weighted by Crippen LogP contribution is 2.27. The van der Waals surface area contributed by atoms with Crippen LogP contribution >= 0.6 is 11.6 Å². The highest BCUT2D eigenvalue weighted by atomic mass is 35.5. The molecule has 4 aromatic rings. The summed E-state index contributed by atoms with van der Waals surface area (Å²) in [6.45, 7) is 5.93. The molecule has 0 saturated heterocycles. The van der Waals surface area contributed by atoms with Crippen molar-refractivity contribution in [3.8, 4) is 5.75 Å². The zero-order chi connectivity index (χ0) is 33.3. The molecule has 0 aliphatic heterocycles. The third-order valence-corrected chi connectivity index (χ3v) is 9.47. The second-order valence-electron chi connectivity index (χ2n) is 11.5. The molecule has 4 rings (SSSR count). The molecule has 0 aromatic heterocycles. The lowest BCUT2D eigenvalue weighted by atomic mass is 10.0. The van der Waals surface area contributed by atoms with Gasteiger partial charge in [0.05, 0.1) is 17.7 Å². The lowest BCUT2D eigenvalue weighted by molar-refractivity contribution is -0.140. The molecule has 2 amide bonds. The highest BCUT2D eigenvalue weighted by Gasteiger charge is 2.34. The summed E-state index contributed by atoms with van der Waals surface area (Å²) in [5, 5.41) is 3.42. The first-order chi connectivity index (χ1) is 22.0. The molecule has 0 heterocycles. The number of hydrogen-bond donors (Lipinski definition) is 1. The number of ether oxygens (including phenoxy) is 1. The molecule has 1 atom stereocenters. The second-order valence-corrected chi connectivity index (χ2v) is 13.8. The van der Waals surface area contributed by atoms with E-state index in [1.54, 1.807) is 36.4 Å². The van der Waals surface area contributed by atoms with Crippen LogP contribution in [-0.2, 0) is 32.6 Å². The van der Waals surface area contributed by atoms with Crippen LogP contribution in [-0.4, -0.2) is 51.4 Å². The largest absolute Gasteiger partial charge is 0.497 e. The quantitative estimate of drug-likeness (QED) is 0.172. The van der Waals surface area contributed by atoms with Crippen molar-refractivity contribution in [2.75, 3.05) is 24.5 Å². The summed E-state index contributed by atoms with van der Waals surface area (Å²) in [5.41, 5.74) is 2.94. The summed E-state index contributed by atoms with van der Waals surface area (Å²) in [5.74, 6) is -0.158. The molecule has 0 bridgehead atoms. The normalized spacial score (nSPS) is 12.0. The van der Waals surface area contributed by atoms with Gasteiger partial charge in [0.2, 0.25) is 11.8 Å². The smallest absolute Gasteiger partial charge is 0.264 e. The molecule has 0 aliphatic carbocycles. The Kier molecular flexibility index (Phi) is 11.8. The Labute approximate surface area is 277 Å². The van der Waals surface area contributed by atoms with E-state index in [1.807, 2.05) is 75.4 Å². The van der Waals surface area contributed by atoms with E-state index < -0.39 is 28.5 Å². The van der Waals surface area contributed by atoms with E-state index in [0.29, 0.717) is 17.3 Å². The van der Waals surface area contributed by atoms with E-state index >= 15 is 0 Å². The zero-order valence-corrected chi connectivity index (χ0v) is 28.1. The first kappa shape index (κ1) is 34.5. The minimum absolute atomic E-state index is 0.0169. The molecule has 1 N–H and O–H groups in total. The zero-order valence-electron chi connectivity index (χ0n) is 26.5. The molecular formula is C36H40ClN3O5S. The van der Waals surface area contributed by atoms with Crippen LogP contribution in [0, 0.1) is 12.8 Å². The van der Waals surface area contributed by atoms with E-state index in [0.717, 1.165) is 21.0 Å². The molecule has 0 radical (unpaired) electrons. The average molecular weight is 662 g/mol. The number of sulfonamides is 1. The van der Waals surface area contributed by atoms with Crippen molar-refractivity contribution in [3.63, 3.8) is 0 Å². The van der Waals surface area contributed by atoms with Gasteiger partial charge in [-0.3, -0.25) is 13.9 Å². The van der Waals surface area contributed by atoms with E-state index in [1.165, 1.54) is 24.1 Å². The average Bonchev–Trinajstić information content (AvgIpc) is 3.05. The third-order valence-electron chi connectivity index (χ3n) is 7.43. The van der Waals surface area contributed by atoms with Gasteiger partial charge in [-0.1, -0.05) is 85.6 Å². The van der Waals surface area contributed by atoms with Gasteiger partial charge in [0.15, 0.2) is 0 Å². The summed E-state index contributed by atoms with van der Waals surface area (Å²) in [6, 6.07) is 28.5. The molecule has 4 aromatic carbocycles. The lowest BCUT2D eigenvalue weighted by Crippen LogP contribution is -2.53. The molecule has 8 nitrogen and oxygen atoms in total. The number of hydrogen-bond acceptors (Lipinski definition) is 5. The number of carbonyl (C=O) groups excluding carboxylic acids is 2. The number of amides is 2. The van der Waals surface area contributed by atoms with Gasteiger partial charge in [0.25, 0.3) is 10.0 Å². The summed E-state index contributed by atoms with van der Waals surface area (Å²) >= 11 is 6.14. The van der Waals surface area contributed by atoms with Crippen LogP contribution in [0.1, 0.15) is 30.5 Å². The van der Waals surface area contributed by atoms with Crippen LogP contribution in [0.4, 0.5) is 5.69 Å². The first-order valence-electron chi connectivity index (χ1n) is 15.1. The molecule has 242 valence electrons. The number of halogens is 1. The van der Waals surface area contributed by atoms with Crippen LogP contribution in [0.2, 0.25) is 5.02 Å². The first-order valence-corrected chi connectivity index (χ1v) is 16.9. The van der Waals surface area contributed by atoms with E-state index in [4.69, 9.17) is 16.3 Å². The monoisotopic (exact) mass is 661 g/mol. The van der Waals surface area contributed by atoms with Gasteiger partial charge in [-0.25, -0.2) is 8.42 Å². The Morgan fingerprint density at radius 3 is 2.13 bits per heavy atom. The summed E-state index contributed by atoms with van der Waals surface area (Å²) in [7, 11) is -2.75. The molecule has 10 heteroatoms. The third kappa shape index (κ3) is 9.11. The predicted molar refractivity (Wildman–Crippen MR) is 182 cm³/mol. The molecule has 0 saturated carbocycles. The Balaban J connectivity index is 1.79. The predicted octanol–water partition coefficient (Wildman–Crippen LogP) is 6.26. The van der Waals surface area contributed by atoms with Gasteiger partial charge in [0.1, 0.15) is 18.3 Å². The number of benzene rings is 4. The maximum absolute atomic E-state index is 14.5. The van der Waals surface area contributed by atoms with E-state index in [2.05, 4.69) is 5.32 Å². The van der Waals surface area contributed by atoms with Gasteiger partial charge in [-0.15, -0.1) is 0 Å². The Bertz CT molecular complexity index is 1710. The molecular weight excluding hydrogens is 622 g/mol. The molecule has 46 heavy (non-hydrogen) atoms. The lowest BCUT2D eigenvalue weighted by Gasteiger charge is -2.34. The number of nitrogens with one attached hydrogen (secondary N) is 1. The number of aryl methyl sites for hydroxylation is 1. The van der Waals surface area contributed by atoms with Crippen molar-refractivity contribution >= 4 is 39.1 Å². The van der Waals surface area contributed by atoms with Crippen LogP contribution in [0.5, 0.6) is 5.75 Å². The summed E-state index contributed by atoms with van der Waals surface area (Å²) in [6.07, 6.45) is 0.245. The summed E-state index contributed by atoms with van der Waals surface area (Å²) < 4.78 is 34.6. The number of rotatable bonds is 14. The van der Waals surface area contributed by atoms with Crippen molar-refractivity contribution in [1.82, 2.24) is 10.2 Å². The number of nitrogens with zero attached hydrogens (tertiary/aromatic N) is 2. The minimum Gasteiger partial charge on any atom is -0.497 e. The maximum atomic E-state index is 14.5. The fourth-order valence-corrected chi connectivity index (χ4v) is 6.53. The molecule has 0 fully saturated rings. The van der Waals surface area contributed by atoms with Crippen molar-refractivity contribution in [1.29, 1.82) is 0 Å².